The lowest BCUT2D eigenvalue weighted by molar-refractivity contribution is 0.357. The molecular weight excluding hydrogens is 202 g/mol. The number of benzene rings is 1. The van der Waals surface area contributed by atoms with Crippen LogP contribution in [0.4, 0.5) is 0 Å². The van der Waals surface area contributed by atoms with Crippen molar-refractivity contribution in [2.24, 2.45) is 0 Å². The van der Waals surface area contributed by atoms with Gasteiger partial charge in [0.2, 0.25) is 0 Å². The van der Waals surface area contributed by atoms with Crippen molar-refractivity contribution >= 4 is 0 Å². The van der Waals surface area contributed by atoms with Crippen LogP contribution in [-0.4, -0.2) is 16.7 Å². The number of ether oxygens (including phenoxy) is 1. The van der Waals surface area contributed by atoms with E-state index in [1.807, 2.05) is 12.1 Å². The first-order valence-electron chi connectivity index (χ1n) is 5.23. The van der Waals surface area contributed by atoms with Crippen molar-refractivity contribution in [3.8, 4) is 22.6 Å². The van der Waals surface area contributed by atoms with Crippen LogP contribution in [0, 0.1) is 0 Å². The van der Waals surface area contributed by atoms with E-state index in [-0.39, 0.29) is 5.75 Å². The Morgan fingerprint density at radius 2 is 2.06 bits per heavy atom. The first kappa shape index (κ1) is 9.21. The Balaban J connectivity index is 2.07. The topological polar surface area (TPSA) is 42.4 Å². The summed E-state index contributed by atoms with van der Waals surface area (Å²) < 4.78 is 5.45. The third-order valence-corrected chi connectivity index (χ3v) is 2.75. The van der Waals surface area contributed by atoms with Crippen LogP contribution in [0.25, 0.3) is 11.1 Å². The third-order valence-electron chi connectivity index (χ3n) is 2.75. The summed E-state index contributed by atoms with van der Waals surface area (Å²) in [6.45, 7) is 0.761. The Bertz CT molecular complexity index is 537. The lowest BCUT2D eigenvalue weighted by Crippen LogP contribution is -1.85. The molecule has 2 heterocycles. The van der Waals surface area contributed by atoms with Crippen molar-refractivity contribution in [1.82, 2.24) is 4.98 Å². The molecule has 0 bridgehead atoms. The van der Waals surface area contributed by atoms with E-state index in [0.717, 1.165) is 29.9 Å². The molecule has 1 aliphatic rings. The summed E-state index contributed by atoms with van der Waals surface area (Å²) in [7, 11) is 0. The summed E-state index contributed by atoms with van der Waals surface area (Å²) in [5, 5.41) is 9.38. The fraction of sp³-hybridized carbons (Fsp3) is 0.154. The second kappa shape index (κ2) is 3.52. The summed E-state index contributed by atoms with van der Waals surface area (Å²) in [5.41, 5.74) is 3.21. The average molecular weight is 213 g/mol. The van der Waals surface area contributed by atoms with Gasteiger partial charge in [-0.2, -0.15) is 0 Å². The van der Waals surface area contributed by atoms with Crippen LogP contribution < -0.4 is 4.74 Å². The summed E-state index contributed by atoms with van der Waals surface area (Å²) in [6, 6.07) is 7.77. The molecule has 1 aliphatic heterocycles. The molecular formula is C13H11NO2. The molecule has 0 unspecified atom stereocenters. The van der Waals surface area contributed by atoms with E-state index in [2.05, 4.69) is 11.1 Å². The number of nitrogens with zero attached hydrogens (tertiary/aromatic N) is 1. The second-order valence-electron chi connectivity index (χ2n) is 3.85. The predicted molar refractivity (Wildman–Crippen MR) is 60.5 cm³/mol. The number of aromatic nitrogens is 1. The smallest absolute Gasteiger partial charge is 0.134 e. The number of hydrogen-bond donors (Lipinski definition) is 1. The van der Waals surface area contributed by atoms with Crippen molar-refractivity contribution in [3.63, 3.8) is 0 Å². The van der Waals surface area contributed by atoms with Gasteiger partial charge in [-0.15, -0.1) is 0 Å². The molecule has 0 spiro atoms. The second-order valence-corrected chi connectivity index (χ2v) is 3.85. The maximum atomic E-state index is 9.38. The van der Waals surface area contributed by atoms with E-state index in [4.69, 9.17) is 4.74 Å². The molecule has 3 nitrogen and oxygen atoms in total. The molecule has 1 aromatic carbocycles. The van der Waals surface area contributed by atoms with Gasteiger partial charge in [0.05, 0.1) is 12.8 Å². The monoisotopic (exact) mass is 213 g/mol. The van der Waals surface area contributed by atoms with Gasteiger partial charge in [0.1, 0.15) is 11.5 Å². The zero-order chi connectivity index (χ0) is 11.0. The van der Waals surface area contributed by atoms with E-state index in [9.17, 15) is 5.11 Å². The van der Waals surface area contributed by atoms with Crippen molar-refractivity contribution in [3.05, 3.63) is 42.2 Å². The van der Waals surface area contributed by atoms with Crippen LogP contribution in [0.3, 0.4) is 0 Å². The molecule has 16 heavy (non-hydrogen) atoms. The molecule has 0 aliphatic carbocycles. The standard InChI is InChI=1S/C13H11NO2/c15-12-6-11(7-14-8-12)9-1-2-13-10(5-9)3-4-16-13/h1-2,5-8,15H,3-4H2. The fourth-order valence-corrected chi connectivity index (χ4v) is 1.95. The molecule has 3 heteroatoms. The highest BCUT2D eigenvalue weighted by Gasteiger charge is 2.12. The molecule has 0 atom stereocenters. The maximum absolute atomic E-state index is 9.38. The predicted octanol–water partition coefficient (Wildman–Crippen LogP) is 2.39. The highest BCUT2D eigenvalue weighted by molar-refractivity contribution is 5.66. The van der Waals surface area contributed by atoms with Gasteiger partial charge >= 0.3 is 0 Å². The molecule has 2 aromatic rings. The molecule has 0 amide bonds. The highest BCUT2D eigenvalue weighted by atomic mass is 16.5. The zero-order valence-electron chi connectivity index (χ0n) is 8.68. The van der Waals surface area contributed by atoms with E-state index >= 15 is 0 Å². The first-order valence-corrected chi connectivity index (χ1v) is 5.23. The largest absolute Gasteiger partial charge is 0.506 e. The molecule has 1 N–H and O–H groups in total. The van der Waals surface area contributed by atoms with Crippen molar-refractivity contribution < 1.29 is 9.84 Å². The van der Waals surface area contributed by atoms with E-state index in [1.54, 1.807) is 12.3 Å². The minimum absolute atomic E-state index is 0.189. The molecule has 1 aromatic heterocycles. The van der Waals surface area contributed by atoms with E-state index in [0.29, 0.717) is 0 Å². The summed E-state index contributed by atoms with van der Waals surface area (Å²) in [5.74, 6) is 1.16. The first-order chi connectivity index (χ1) is 7.83. The van der Waals surface area contributed by atoms with Gasteiger partial charge in [-0.05, 0) is 29.3 Å². The Morgan fingerprint density at radius 1 is 1.12 bits per heavy atom. The Labute approximate surface area is 93.3 Å². The SMILES string of the molecule is Oc1cncc(-c2ccc3c(c2)CCO3)c1. The number of aromatic hydroxyl groups is 1. The van der Waals surface area contributed by atoms with Gasteiger partial charge in [0, 0.05) is 18.2 Å². The molecule has 80 valence electrons. The van der Waals surface area contributed by atoms with Crippen molar-refractivity contribution in [1.29, 1.82) is 0 Å². The van der Waals surface area contributed by atoms with Crippen LogP contribution in [0.1, 0.15) is 5.56 Å². The Kier molecular flexibility index (Phi) is 2.03. The number of fused-ring (bicyclic) bond motifs is 1. The molecule has 0 saturated heterocycles. The Hall–Kier alpha value is -2.03. The van der Waals surface area contributed by atoms with Gasteiger partial charge in [-0.1, -0.05) is 6.07 Å². The van der Waals surface area contributed by atoms with Gasteiger partial charge in [-0.3, -0.25) is 4.98 Å². The lowest BCUT2D eigenvalue weighted by atomic mass is 10.0. The minimum atomic E-state index is 0.189. The van der Waals surface area contributed by atoms with Crippen LogP contribution >= 0.6 is 0 Å². The third kappa shape index (κ3) is 1.50. The number of hydrogen-bond acceptors (Lipinski definition) is 3. The molecule has 3 rings (SSSR count). The molecule has 0 saturated carbocycles. The summed E-state index contributed by atoms with van der Waals surface area (Å²) >= 11 is 0. The van der Waals surface area contributed by atoms with Crippen LogP contribution in [0.5, 0.6) is 11.5 Å². The molecule has 0 radical (unpaired) electrons. The van der Waals surface area contributed by atoms with Crippen LogP contribution in [0.2, 0.25) is 0 Å². The van der Waals surface area contributed by atoms with E-state index in [1.165, 1.54) is 11.8 Å². The maximum Gasteiger partial charge on any atom is 0.134 e. The van der Waals surface area contributed by atoms with Crippen molar-refractivity contribution in [2.75, 3.05) is 6.61 Å². The molecule has 0 fully saturated rings. The van der Waals surface area contributed by atoms with Gasteiger partial charge in [0.25, 0.3) is 0 Å². The highest BCUT2D eigenvalue weighted by Crippen LogP contribution is 2.30. The lowest BCUT2D eigenvalue weighted by Gasteiger charge is -2.04. The average Bonchev–Trinajstić information content (AvgIpc) is 2.75. The van der Waals surface area contributed by atoms with E-state index < -0.39 is 0 Å². The van der Waals surface area contributed by atoms with Gasteiger partial charge in [-0.25, -0.2) is 0 Å². The quantitative estimate of drug-likeness (QED) is 0.790. The van der Waals surface area contributed by atoms with Gasteiger partial charge in [0.15, 0.2) is 0 Å². The summed E-state index contributed by atoms with van der Waals surface area (Å²) in [4.78, 5) is 3.97. The number of pyridine rings is 1. The zero-order valence-corrected chi connectivity index (χ0v) is 8.68. The van der Waals surface area contributed by atoms with Crippen molar-refractivity contribution in [2.45, 2.75) is 6.42 Å². The normalized spacial score (nSPS) is 13.2. The van der Waals surface area contributed by atoms with Crippen LogP contribution in [-0.2, 0) is 6.42 Å². The number of rotatable bonds is 1. The van der Waals surface area contributed by atoms with Crippen LogP contribution in [0.15, 0.2) is 36.7 Å². The minimum Gasteiger partial charge on any atom is -0.506 e. The van der Waals surface area contributed by atoms with Gasteiger partial charge < -0.3 is 9.84 Å². The fourth-order valence-electron chi connectivity index (χ4n) is 1.95. The Morgan fingerprint density at radius 3 is 2.94 bits per heavy atom. The summed E-state index contributed by atoms with van der Waals surface area (Å²) in [6.07, 6.45) is 4.13.